The molecule has 0 fully saturated rings. The molecule has 0 aromatic carbocycles. The third-order valence-electron chi connectivity index (χ3n) is 2.52. The minimum atomic E-state index is 0.196. The highest BCUT2D eigenvalue weighted by Gasteiger charge is 2.06. The standard InChI is InChI=1S/C12H26N2OS/c1-11(8-10-16-2)14-12(15)7-5-3-4-6-9-13/h11H,3-10,13H2,1-2H3,(H,14,15). The highest BCUT2D eigenvalue weighted by atomic mass is 32.2. The first kappa shape index (κ1) is 15.8. The van der Waals surface area contributed by atoms with Gasteiger partial charge in [0.25, 0.3) is 0 Å². The molecule has 0 aromatic heterocycles. The molecule has 1 unspecified atom stereocenters. The van der Waals surface area contributed by atoms with Gasteiger partial charge in [-0.2, -0.15) is 11.8 Å². The van der Waals surface area contributed by atoms with Crippen molar-refractivity contribution in [3.05, 3.63) is 0 Å². The Kier molecular flexibility index (Phi) is 11.1. The molecule has 16 heavy (non-hydrogen) atoms. The first-order valence-corrected chi connectivity index (χ1v) is 7.58. The van der Waals surface area contributed by atoms with Crippen LogP contribution >= 0.6 is 11.8 Å². The number of nitrogens with one attached hydrogen (secondary N) is 1. The quantitative estimate of drug-likeness (QED) is 0.581. The van der Waals surface area contributed by atoms with Gasteiger partial charge in [0.05, 0.1) is 0 Å². The second kappa shape index (κ2) is 11.3. The van der Waals surface area contributed by atoms with E-state index in [0.29, 0.717) is 12.5 Å². The summed E-state index contributed by atoms with van der Waals surface area (Å²) in [6.07, 6.45) is 8.13. The molecule has 0 heterocycles. The van der Waals surface area contributed by atoms with Gasteiger partial charge in [-0.15, -0.1) is 0 Å². The number of thioether (sulfide) groups is 1. The molecule has 4 heteroatoms. The molecule has 0 spiro atoms. The average Bonchev–Trinajstić information content (AvgIpc) is 2.26. The van der Waals surface area contributed by atoms with Crippen LogP contribution in [0.5, 0.6) is 0 Å². The van der Waals surface area contributed by atoms with Crippen LogP contribution < -0.4 is 11.1 Å². The number of nitrogens with two attached hydrogens (primary N) is 1. The molecule has 96 valence electrons. The SMILES string of the molecule is CSCCC(C)NC(=O)CCCCCCN. The molecular weight excluding hydrogens is 220 g/mol. The summed E-state index contributed by atoms with van der Waals surface area (Å²) in [6.45, 7) is 2.83. The molecule has 1 atom stereocenters. The van der Waals surface area contributed by atoms with Gasteiger partial charge in [-0.3, -0.25) is 4.79 Å². The fourth-order valence-electron chi connectivity index (χ4n) is 1.50. The van der Waals surface area contributed by atoms with Gasteiger partial charge in [0, 0.05) is 12.5 Å². The molecule has 0 bridgehead atoms. The molecule has 0 radical (unpaired) electrons. The van der Waals surface area contributed by atoms with Crippen LogP contribution in [0.4, 0.5) is 0 Å². The van der Waals surface area contributed by atoms with Crippen molar-refractivity contribution < 1.29 is 4.79 Å². The Morgan fingerprint density at radius 2 is 2.00 bits per heavy atom. The van der Waals surface area contributed by atoms with Crippen LogP contribution in [0.2, 0.25) is 0 Å². The van der Waals surface area contributed by atoms with E-state index in [0.717, 1.165) is 44.4 Å². The van der Waals surface area contributed by atoms with Crippen molar-refractivity contribution in [1.29, 1.82) is 0 Å². The first-order chi connectivity index (χ1) is 7.70. The Morgan fingerprint density at radius 3 is 2.62 bits per heavy atom. The van der Waals surface area contributed by atoms with Gasteiger partial charge in [-0.25, -0.2) is 0 Å². The number of hydrogen-bond donors (Lipinski definition) is 2. The van der Waals surface area contributed by atoms with Gasteiger partial charge in [0.1, 0.15) is 0 Å². The van der Waals surface area contributed by atoms with Gasteiger partial charge < -0.3 is 11.1 Å². The van der Waals surface area contributed by atoms with Crippen molar-refractivity contribution in [2.75, 3.05) is 18.6 Å². The Morgan fingerprint density at radius 1 is 1.31 bits per heavy atom. The number of rotatable bonds is 10. The second-order valence-electron chi connectivity index (χ2n) is 4.20. The van der Waals surface area contributed by atoms with Crippen molar-refractivity contribution in [2.45, 2.75) is 51.5 Å². The van der Waals surface area contributed by atoms with Crippen LogP contribution in [0.1, 0.15) is 45.4 Å². The van der Waals surface area contributed by atoms with Gasteiger partial charge in [-0.05, 0) is 44.7 Å². The Hall–Kier alpha value is -0.220. The minimum Gasteiger partial charge on any atom is -0.354 e. The van der Waals surface area contributed by atoms with E-state index >= 15 is 0 Å². The second-order valence-corrected chi connectivity index (χ2v) is 5.19. The molecule has 0 saturated heterocycles. The van der Waals surface area contributed by atoms with E-state index in [2.05, 4.69) is 18.5 Å². The lowest BCUT2D eigenvalue weighted by atomic mass is 10.1. The van der Waals surface area contributed by atoms with Crippen LogP contribution in [0.15, 0.2) is 0 Å². The third-order valence-corrected chi connectivity index (χ3v) is 3.16. The van der Waals surface area contributed by atoms with Crippen LogP contribution in [0.3, 0.4) is 0 Å². The van der Waals surface area contributed by atoms with E-state index in [1.54, 1.807) is 0 Å². The zero-order chi connectivity index (χ0) is 12.2. The topological polar surface area (TPSA) is 55.1 Å². The lowest BCUT2D eigenvalue weighted by Crippen LogP contribution is -2.32. The number of amides is 1. The normalized spacial score (nSPS) is 12.4. The highest BCUT2D eigenvalue weighted by molar-refractivity contribution is 7.98. The van der Waals surface area contributed by atoms with E-state index in [1.165, 1.54) is 0 Å². The number of unbranched alkanes of at least 4 members (excludes halogenated alkanes) is 3. The maximum absolute atomic E-state index is 11.5. The molecule has 0 rings (SSSR count). The van der Waals surface area contributed by atoms with Crippen molar-refractivity contribution in [2.24, 2.45) is 5.73 Å². The lowest BCUT2D eigenvalue weighted by Gasteiger charge is -2.12. The van der Waals surface area contributed by atoms with Crippen molar-refractivity contribution >= 4 is 17.7 Å². The summed E-state index contributed by atoms with van der Waals surface area (Å²) in [7, 11) is 0. The van der Waals surface area contributed by atoms with Gasteiger partial charge in [-0.1, -0.05) is 12.8 Å². The molecule has 0 aromatic rings. The summed E-state index contributed by atoms with van der Waals surface area (Å²) >= 11 is 1.82. The lowest BCUT2D eigenvalue weighted by molar-refractivity contribution is -0.121. The Bertz CT molecular complexity index is 176. The Balaban J connectivity index is 3.36. The van der Waals surface area contributed by atoms with E-state index in [-0.39, 0.29) is 5.91 Å². The third kappa shape index (κ3) is 10.3. The summed E-state index contributed by atoms with van der Waals surface area (Å²) in [5, 5.41) is 3.03. The summed E-state index contributed by atoms with van der Waals surface area (Å²) < 4.78 is 0. The predicted octanol–water partition coefficient (Wildman–Crippen LogP) is 2.15. The van der Waals surface area contributed by atoms with E-state index < -0.39 is 0 Å². The van der Waals surface area contributed by atoms with E-state index in [1.807, 2.05) is 11.8 Å². The molecule has 0 aliphatic carbocycles. The smallest absolute Gasteiger partial charge is 0.220 e. The van der Waals surface area contributed by atoms with E-state index in [9.17, 15) is 4.79 Å². The maximum atomic E-state index is 11.5. The fraction of sp³-hybridized carbons (Fsp3) is 0.917. The zero-order valence-corrected chi connectivity index (χ0v) is 11.4. The maximum Gasteiger partial charge on any atom is 0.220 e. The molecule has 3 nitrogen and oxygen atoms in total. The molecule has 1 amide bonds. The summed E-state index contributed by atoms with van der Waals surface area (Å²) in [4.78, 5) is 11.5. The number of carbonyl (C=O) groups excluding carboxylic acids is 1. The van der Waals surface area contributed by atoms with Crippen LogP contribution in [-0.4, -0.2) is 30.5 Å². The number of hydrogen-bond acceptors (Lipinski definition) is 3. The van der Waals surface area contributed by atoms with E-state index in [4.69, 9.17) is 5.73 Å². The van der Waals surface area contributed by atoms with Gasteiger partial charge >= 0.3 is 0 Å². The Labute approximate surface area is 104 Å². The predicted molar refractivity (Wildman–Crippen MR) is 72.7 cm³/mol. The van der Waals surface area contributed by atoms with Crippen molar-refractivity contribution in [3.63, 3.8) is 0 Å². The molecule has 0 saturated carbocycles. The minimum absolute atomic E-state index is 0.196. The van der Waals surface area contributed by atoms with Crippen LogP contribution in [0.25, 0.3) is 0 Å². The van der Waals surface area contributed by atoms with Crippen LogP contribution in [-0.2, 0) is 4.79 Å². The van der Waals surface area contributed by atoms with Gasteiger partial charge in [0.15, 0.2) is 0 Å². The monoisotopic (exact) mass is 246 g/mol. The highest BCUT2D eigenvalue weighted by Crippen LogP contribution is 2.04. The fourth-order valence-corrected chi connectivity index (χ4v) is 2.09. The first-order valence-electron chi connectivity index (χ1n) is 6.19. The van der Waals surface area contributed by atoms with Gasteiger partial charge in [0.2, 0.25) is 5.91 Å². The van der Waals surface area contributed by atoms with Crippen LogP contribution in [0, 0.1) is 0 Å². The van der Waals surface area contributed by atoms with Crippen molar-refractivity contribution in [1.82, 2.24) is 5.32 Å². The summed E-state index contributed by atoms with van der Waals surface area (Å²) in [5.74, 6) is 1.30. The number of carbonyl (C=O) groups is 1. The molecule has 3 N–H and O–H groups in total. The molecule has 0 aliphatic rings. The molecule has 0 aliphatic heterocycles. The molecular formula is C12H26N2OS. The van der Waals surface area contributed by atoms with Crippen molar-refractivity contribution in [3.8, 4) is 0 Å². The average molecular weight is 246 g/mol. The largest absolute Gasteiger partial charge is 0.354 e. The summed E-state index contributed by atoms with van der Waals surface area (Å²) in [6, 6.07) is 0.309. The zero-order valence-electron chi connectivity index (χ0n) is 10.6. The summed E-state index contributed by atoms with van der Waals surface area (Å²) in [5.41, 5.74) is 5.40.